The molecule has 0 saturated heterocycles. The van der Waals surface area contributed by atoms with Crippen molar-refractivity contribution in [2.75, 3.05) is 17.7 Å². The van der Waals surface area contributed by atoms with Gasteiger partial charge >= 0.3 is 0 Å². The van der Waals surface area contributed by atoms with Gasteiger partial charge in [0.05, 0.1) is 19.0 Å². The molecular weight excluding hydrogens is 338 g/mol. The summed E-state index contributed by atoms with van der Waals surface area (Å²) in [5.41, 5.74) is 1.95. The summed E-state index contributed by atoms with van der Waals surface area (Å²) in [6.07, 6.45) is 1.59. The highest BCUT2D eigenvalue weighted by Crippen LogP contribution is 2.21. The first-order chi connectivity index (χ1) is 12.1. The highest BCUT2D eigenvalue weighted by Gasteiger charge is 2.07. The standard InChI is InChI=1S/C19H16ClN3O2/c1-25-17-7-3-6-15(11-17)22-18-9-8-16(12-21-18)23-19(24)13-4-2-5-14(20)10-13/h2-12H,1H3,(H,21,22)(H,23,24). The predicted octanol–water partition coefficient (Wildman–Crippen LogP) is 4.74. The number of carbonyl (C=O) groups is 1. The molecule has 1 amide bonds. The fourth-order valence-electron chi connectivity index (χ4n) is 2.22. The van der Waals surface area contributed by atoms with E-state index in [0.717, 1.165) is 11.4 Å². The van der Waals surface area contributed by atoms with E-state index in [4.69, 9.17) is 16.3 Å². The number of aromatic nitrogens is 1. The van der Waals surface area contributed by atoms with E-state index in [-0.39, 0.29) is 5.91 Å². The first kappa shape index (κ1) is 16.8. The van der Waals surface area contributed by atoms with Gasteiger partial charge in [0.15, 0.2) is 0 Å². The zero-order chi connectivity index (χ0) is 17.6. The molecular formula is C19H16ClN3O2. The van der Waals surface area contributed by atoms with E-state index >= 15 is 0 Å². The second kappa shape index (κ2) is 7.68. The molecule has 0 unspecified atom stereocenters. The normalized spacial score (nSPS) is 10.2. The number of carbonyl (C=O) groups excluding carboxylic acids is 1. The predicted molar refractivity (Wildman–Crippen MR) is 99.9 cm³/mol. The Morgan fingerprint density at radius 2 is 1.88 bits per heavy atom. The maximum absolute atomic E-state index is 12.2. The highest BCUT2D eigenvalue weighted by atomic mass is 35.5. The third kappa shape index (κ3) is 4.49. The number of benzene rings is 2. The van der Waals surface area contributed by atoms with E-state index in [0.29, 0.717) is 22.1 Å². The Bertz CT molecular complexity index is 882. The van der Waals surface area contributed by atoms with E-state index in [1.165, 1.54) is 0 Å². The Kier molecular flexibility index (Phi) is 5.16. The summed E-state index contributed by atoms with van der Waals surface area (Å²) >= 11 is 5.90. The van der Waals surface area contributed by atoms with Crippen LogP contribution in [0.15, 0.2) is 66.9 Å². The summed E-state index contributed by atoms with van der Waals surface area (Å²) in [6, 6.07) is 17.9. The van der Waals surface area contributed by atoms with Gasteiger partial charge in [-0.1, -0.05) is 23.7 Å². The zero-order valence-electron chi connectivity index (χ0n) is 13.5. The zero-order valence-corrected chi connectivity index (χ0v) is 14.2. The number of methoxy groups -OCH3 is 1. The lowest BCUT2D eigenvalue weighted by atomic mass is 10.2. The summed E-state index contributed by atoms with van der Waals surface area (Å²) in [6.45, 7) is 0. The molecule has 2 aromatic carbocycles. The van der Waals surface area contributed by atoms with Crippen molar-refractivity contribution in [3.05, 3.63) is 77.4 Å². The molecule has 0 aliphatic rings. The molecule has 126 valence electrons. The van der Waals surface area contributed by atoms with Crippen LogP contribution in [0.3, 0.4) is 0 Å². The third-order valence-electron chi connectivity index (χ3n) is 3.45. The fourth-order valence-corrected chi connectivity index (χ4v) is 2.41. The van der Waals surface area contributed by atoms with Gasteiger partial charge in [0.2, 0.25) is 0 Å². The molecule has 1 heterocycles. The topological polar surface area (TPSA) is 63.2 Å². The van der Waals surface area contributed by atoms with Crippen molar-refractivity contribution in [3.8, 4) is 5.75 Å². The number of anilines is 3. The minimum Gasteiger partial charge on any atom is -0.497 e. The van der Waals surface area contributed by atoms with Crippen LogP contribution >= 0.6 is 11.6 Å². The molecule has 1 aromatic heterocycles. The molecule has 0 radical (unpaired) electrons. The molecule has 3 rings (SSSR count). The average Bonchev–Trinajstić information content (AvgIpc) is 2.63. The van der Waals surface area contributed by atoms with Crippen LogP contribution in [0.4, 0.5) is 17.2 Å². The first-order valence-corrected chi connectivity index (χ1v) is 7.96. The Hall–Kier alpha value is -3.05. The van der Waals surface area contributed by atoms with E-state index < -0.39 is 0 Å². The highest BCUT2D eigenvalue weighted by molar-refractivity contribution is 6.31. The second-order valence-corrected chi connectivity index (χ2v) is 5.69. The van der Waals surface area contributed by atoms with Crippen molar-refractivity contribution in [3.63, 3.8) is 0 Å². The summed E-state index contributed by atoms with van der Waals surface area (Å²) in [4.78, 5) is 16.5. The summed E-state index contributed by atoms with van der Waals surface area (Å²) in [5, 5.41) is 6.48. The van der Waals surface area contributed by atoms with Crippen molar-refractivity contribution in [1.82, 2.24) is 4.98 Å². The van der Waals surface area contributed by atoms with Gasteiger partial charge in [0.25, 0.3) is 5.91 Å². The van der Waals surface area contributed by atoms with Gasteiger partial charge in [-0.25, -0.2) is 4.98 Å². The van der Waals surface area contributed by atoms with Gasteiger partial charge in [-0.15, -0.1) is 0 Å². The van der Waals surface area contributed by atoms with Crippen molar-refractivity contribution in [2.45, 2.75) is 0 Å². The van der Waals surface area contributed by atoms with Crippen LogP contribution in [0.25, 0.3) is 0 Å². The molecule has 25 heavy (non-hydrogen) atoms. The first-order valence-electron chi connectivity index (χ1n) is 7.58. The molecule has 0 bridgehead atoms. The van der Waals surface area contributed by atoms with Crippen LogP contribution in [0, 0.1) is 0 Å². The smallest absolute Gasteiger partial charge is 0.255 e. The maximum atomic E-state index is 12.2. The Balaban J connectivity index is 1.66. The largest absolute Gasteiger partial charge is 0.497 e. The fraction of sp³-hybridized carbons (Fsp3) is 0.0526. The molecule has 0 spiro atoms. The Labute approximate surface area is 150 Å². The molecule has 0 aliphatic carbocycles. The molecule has 0 atom stereocenters. The lowest BCUT2D eigenvalue weighted by Crippen LogP contribution is -2.12. The number of hydrogen-bond donors (Lipinski definition) is 2. The molecule has 6 heteroatoms. The number of ether oxygens (including phenoxy) is 1. The van der Waals surface area contributed by atoms with Crippen LogP contribution in [0.1, 0.15) is 10.4 Å². The number of rotatable bonds is 5. The van der Waals surface area contributed by atoms with Crippen molar-refractivity contribution < 1.29 is 9.53 Å². The molecule has 5 nitrogen and oxygen atoms in total. The molecule has 0 saturated carbocycles. The monoisotopic (exact) mass is 353 g/mol. The second-order valence-electron chi connectivity index (χ2n) is 5.25. The van der Waals surface area contributed by atoms with E-state index in [1.54, 1.807) is 49.7 Å². The average molecular weight is 354 g/mol. The molecule has 0 aliphatic heterocycles. The number of pyridine rings is 1. The van der Waals surface area contributed by atoms with E-state index in [9.17, 15) is 4.79 Å². The van der Waals surface area contributed by atoms with Crippen LogP contribution in [0.2, 0.25) is 5.02 Å². The number of hydrogen-bond acceptors (Lipinski definition) is 4. The van der Waals surface area contributed by atoms with E-state index in [2.05, 4.69) is 15.6 Å². The van der Waals surface area contributed by atoms with Crippen LogP contribution in [-0.2, 0) is 0 Å². The number of nitrogens with zero attached hydrogens (tertiary/aromatic N) is 1. The molecule has 0 fully saturated rings. The van der Waals surface area contributed by atoms with Crippen molar-refractivity contribution in [2.24, 2.45) is 0 Å². The molecule has 3 aromatic rings. The SMILES string of the molecule is COc1cccc(Nc2ccc(NC(=O)c3cccc(Cl)c3)cn2)c1. The van der Waals surface area contributed by atoms with Gasteiger partial charge in [0.1, 0.15) is 11.6 Å². The number of nitrogens with one attached hydrogen (secondary N) is 2. The Morgan fingerprint density at radius 3 is 2.60 bits per heavy atom. The quantitative estimate of drug-likeness (QED) is 0.695. The minimum atomic E-state index is -0.238. The van der Waals surface area contributed by atoms with Gasteiger partial charge in [-0.05, 0) is 42.5 Å². The van der Waals surface area contributed by atoms with Gasteiger partial charge in [0, 0.05) is 22.3 Å². The Morgan fingerprint density at radius 1 is 1.04 bits per heavy atom. The lowest BCUT2D eigenvalue weighted by Gasteiger charge is -2.09. The van der Waals surface area contributed by atoms with E-state index in [1.807, 2.05) is 24.3 Å². The lowest BCUT2D eigenvalue weighted by molar-refractivity contribution is 0.102. The number of halogens is 1. The van der Waals surface area contributed by atoms with Gasteiger partial charge in [-0.3, -0.25) is 4.79 Å². The summed E-state index contributed by atoms with van der Waals surface area (Å²) < 4.78 is 5.19. The minimum absolute atomic E-state index is 0.238. The van der Waals surface area contributed by atoms with Crippen molar-refractivity contribution >= 4 is 34.7 Å². The maximum Gasteiger partial charge on any atom is 0.255 e. The van der Waals surface area contributed by atoms with Gasteiger partial charge < -0.3 is 15.4 Å². The van der Waals surface area contributed by atoms with Crippen LogP contribution in [0.5, 0.6) is 5.75 Å². The molecule has 2 N–H and O–H groups in total. The number of amides is 1. The van der Waals surface area contributed by atoms with Gasteiger partial charge in [-0.2, -0.15) is 0 Å². The summed E-state index contributed by atoms with van der Waals surface area (Å²) in [5.74, 6) is 1.18. The van der Waals surface area contributed by atoms with Crippen molar-refractivity contribution in [1.29, 1.82) is 0 Å². The summed E-state index contributed by atoms with van der Waals surface area (Å²) in [7, 11) is 1.62. The van der Waals surface area contributed by atoms with Crippen LogP contribution < -0.4 is 15.4 Å². The van der Waals surface area contributed by atoms with Crippen LogP contribution in [-0.4, -0.2) is 18.0 Å². The third-order valence-corrected chi connectivity index (χ3v) is 3.69.